The van der Waals surface area contributed by atoms with E-state index in [1.54, 1.807) is 20.8 Å². The van der Waals surface area contributed by atoms with E-state index in [1.165, 1.54) is 18.2 Å². The number of hydrogen-bond donors (Lipinski definition) is 1. The highest BCUT2D eigenvalue weighted by Gasteiger charge is 2.52. The molecule has 1 saturated heterocycles. The molecule has 2 rings (SSSR count). The quantitative estimate of drug-likeness (QED) is 0.561. The maximum atomic E-state index is 13.6. The Labute approximate surface area is 173 Å². The lowest BCUT2D eigenvalue weighted by molar-refractivity contribution is -0.153. The van der Waals surface area contributed by atoms with Crippen molar-refractivity contribution in [3.8, 4) is 0 Å². The van der Waals surface area contributed by atoms with Crippen LogP contribution in [-0.4, -0.2) is 33.8 Å². The van der Waals surface area contributed by atoms with Crippen molar-refractivity contribution in [2.75, 3.05) is 0 Å². The summed E-state index contributed by atoms with van der Waals surface area (Å²) in [6.45, 7) is 12.3. The molecule has 1 fully saturated rings. The molecular weight excluding hydrogens is 414 g/mol. The maximum Gasteiger partial charge on any atom is 0.494 e. The van der Waals surface area contributed by atoms with Crippen LogP contribution in [0, 0.1) is 0 Å². The zero-order valence-corrected chi connectivity index (χ0v) is 18.6. The van der Waals surface area contributed by atoms with Crippen molar-refractivity contribution >= 4 is 35.5 Å². The number of benzene rings is 1. The van der Waals surface area contributed by atoms with Gasteiger partial charge in [-0.05, 0) is 60.0 Å². The minimum atomic E-state index is -4.67. The van der Waals surface area contributed by atoms with Gasteiger partial charge in [-0.25, -0.2) is 0 Å². The summed E-state index contributed by atoms with van der Waals surface area (Å²) in [7, 11) is -0.738. The molecule has 2 atom stereocenters. The van der Waals surface area contributed by atoms with Crippen LogP contribution in [0.1, 0.15) is 60.1 Å². The molecule has 1 aliphatic heterocycles. The normalized spacial score (nSPS) is 21.6. The second-order valence-corrected chi connectivity index (χ2v) is 11.2. The summed E-state index contributed by atoms with van der Waals surface area (Å²) in [4.78, 5) is 0. The molecule has 0 saturated carbocycles. The summed E-state index contributed by atoms with van der Waals surface area (Å²) < 4.78 is 66.3. The van der Waals surface area contributed by atoms with E-state index in [0.717, 1.165) is 0 Å². The van der Waals surface area contributed by atoms with Crippen molar-refractivity contribution in [3.05, 3.63) is 28.8 Å². The number of halogens is 4. The molecule has 0 aliphatic carbocycles. The molecule has 10 heteroatoms. The zero-order valence-electron chi connectivity index (χ0n) is 17.0. The van der Waals surface area contributed by atoms with E-state index in [-0.39, 0.29) is 10.6 Å². The van der Waals surface area contributed by atoms with Crippen molar-refractivity contribution in [3.63, 3.8) is 0 Å². The van der Waals surface area contributed by atoms with Gasteiger partial charge in [-0.1, -0.05) is 23.7 Å². The third kappa shape index (κ3) is 4.99. The molecule has 158 valence electrons. The Morgan fingerprint density at radius 1 is 1.11 bits per heavy atom. The molecule has 0 bridgehead atoms. The fourth-order valence-corrected chi connectivity index (χ4v) is 3.62. The van der Waals surface area contributed by atoms with Crippen LogP contribution in [0.25, 0.3) is 0 Å². The van der Waals surface area contributed by atoms with E-state index in [1.807, 2.05) is 27.7 Å². The van der Waals surface area contributed by atoms with E-state index in [9.17, 15) is 17.7 Å². The number of nitrogens with one attached hydrogen (secondary N) is 1. The number of hydrogen-bond acceptors (Lipinski definition) is 4. The molecule has 28 heavy (non-hydrogen) atoms. The maximum absolute atomic E-state index is 13.6. The van der Waals surface area contributed by atoms with E-state index in [2.05, 4.69) is 4.72 Å². The first kappa shape index (κ1) is 23.8. The van der Waals surface area contributed by atoms with Gasteiger partial charge in [0.2, 0.25) is 0 Å². The Morgan fingerprint density at radius 3 is 2.00 bits per heavy atom. The predicted octanol–water partition coefficient (Wildman–Crippen LogP) is 4.29. The molecule has 4 nitrogen and oxygen atoms in total. The average molecular weight is 440 g/mol. The minimum absolute atomic E-state index is 0.104. The van der Waals surface area contributed by atoms with Crippen LogP contribution < -0.4 is 10.2 Å². The molecule has 0 spiro atoms. The molecular formula is C18H26BClF3NO3S. The summed E-state index contributed by atoms with van der Waals surface area (Å²) in [5, 5.41) is -0.104. The third-order valence-electron chi connectivity index (χ3n) is 4.97. The molecule has 1 aromatic carbocycles. The van der Waals surface area contributed by atoms with E-state index >= 15 is 0 Å². The fourth-order valence-electron chi connectivity index (χ4n) is 2.49. The monoisotopic (exact) mass is 439 g/mol. The van der Waals surface area contributed by atoms with Crippen molar-refractivity contribution in [1.82, 2.24) is 4.72 Å². The second-order valence-electron chi connectivity index (χ2n) is 8.84. The lowest BCUT2D eigenvalue weighted by Crippen LogP contribution is -2.46. The summed E-state index contributed by atoms with van der Waals surface area (Å²) >= 11 is 4.27. The van der Waals surface area contributed by atoms with Crippen molar-refractivity contribution in [2.45, 2.75) is 76.6 Å². The van der Waals surface area contributed by atoms with Crippen LogP contribution in [-0.2, 0) is 20.7 Å². The van der Waals surface area contributed by atoms with Gasteiger partial charge in [0.15, 0.2) is 6.04 Å². The first-order valence-corrected chi connectivity index (χ1v) is 10.4. The first-order valence-electron chi connectivity index (χ1n) is 8.85. The lowest BCUT2D eigenvalue weighted by atomic mass is 9.78. The topological polar surface area (TPSA) is 53.5 Å². The van der Waals surface area contributed by atoms with Gasteiger partial charge < -0.3 is 13.9 Å². The standard InChI is InChI=1S/C18H26BClF3NO3S/c1-15(2,3)28(25)24-14(18(21,22)23)12-9-8-11(10-13(12)20)19-26-16(4,5)17(6,7)27-19/h8-10,14,24H,1-7H3/t14-,28?/m0/s1. The molecule has 1 N–H and O–H groups in total. The summed E-state index contributed by atoms with van der Waals surface area (Å²) in [5.74, 6) is 0. The first-order chi connectivity index (χ1) is 12.5. The second kappa shape index (κ2) is 7.67. The van der Waals surface area contributed by atoms with Crippen molar-refractivity contribution in [2.24, 2.45) is 0 Å². The molecule has 1 aliphatic rings. The van der Waals surface area contributed by atoms with Gasteiger partial charge in [-0.15, -0.1) is 4.72 Å². The summed E-state index contributed by atoms with van der Waals surface area (Å²) in [6, 6.07) is 2.00. The van der Waals surface area contributed by atoms with Crippen LogP contribution in [0.4, 0.5) is 13.2 Å². The Hall–Kier alpha value is -0.445. The number of rotatable bonds is 4. The Morgan fingerprint density at radius 2 is 1.61 bits per heavy atom. The lowest BCUT2D eigenvalue weighted by Gasteiger charge is -2.32. The van der Waals surface area contributed by atoms with Gasteiger partial charge in [0.05, 0.1) is 11.2 Å². The van der Waals surface area contributed by atoms with Crippen molar-refractivity contribution in [1.29, 1.82) is 0 Å². The van der Waals surface area contributed by atoms with Gasteiger partial charge >= 0.3 is 13.3 Å². The summed E-state index contributed by atoms with van der Waals surface area (Å²) in [6.07, 6.45) is -4.67. The van der Waals surface area contributed by atoms with Crippen LogP contribution >= 0.6 is 11.6 Å². The Kier molecular flexibility index (Phi) is 6.53. The highest BCUT2D eigenvalue weighted by Crippen LogP contribution is 2.39. The van der Waals surface area contributed by atoms with Crippen LogP contribution in [0.3, 0.4) is 0 Å². The van der Waals surface area contributed by atoms with Crippen molar-refractivity contribution < 1.29 is 27.0 Å². The van der Waals surface area contributed by atoms with E-state index < -0.39 is 46.6 Å². The van der Waals surface area contributed by atoms with Crippen LogP contribution in [0.5, 0.6) is 0 Å². The van der Waals surface area contributed by atoms with Crippen LogP contribution in [0.15, 0.2) is 18.2 Å². The third-order valence-corrected chi connectivity index (χ3v) is 6.86. The smallest absolute Gasteiger partial charge is 0.494 e. The molecule has 1 unspecified atom stereocenters. The molecule has 0 radical (unpaired) electrons. The fraction of sp³-hybridized carbons (Fsp3) is 0.667. The minimum Gasteiger partial charge on any atom is -0.598 e. The molecule has 0 amide bonds. The highest BCUT2D eigenvalue weighted by atomic mass is 35.5. The Bertz CT molecular complexity index is 709. The summed E-state index contributed by atoms with van der Waals surface area (Å²) in [5.41, 5.74) is -0.845. The molecule has 1 aromatic rings. The van der Waals surface area contributed by atoms with Gasteiger partial charge in [-0.2, -0.15) is 13.2 Å². The SMILES string of the molecule is CC(C)(C)[S+]([O-])N[C@@H](c1ccc(B2OC(C)(C)C(C)(C)O2)cc1Cl)C(F)(F)F. The van der Waals surface area contributed by atoms with Crippen LogP contribution in [0.2, 0.25) is 5.02 Å². The van der Waals surface area contributed by atoms with E-state index in [0.29, 0.717) is 5.46 Å². The van der Waals surface area contributed by atoms with Gasteiger partial charge in [0.1, 0.15) is 4.75 Å². The Balaban J connectivity index is 2.33. The number of alkyl halides is 3. The van der Waals surface area contributed by atoms with Gasteiger partial charge in [-0.3, -0.25) is 0 Å². The zero-order chi connectivity index (χ0) is 21.7. The van der Waals surface area contributed by atoms with E-state index in [4.69, 9.17) is 20.9 Å². The molecule has 0 aromatic heterocycles. The predicted molar refractivity (Wildman–Crippen MR) is 107 cm³/mol. The average Bonchev–Trinajstić information content (AvgIpc) is 2.71. The molecule has 1 heterocycles. The highest BCUT2D eigenvalue weighted by molar-refractivity contribution is 7.90. The van der Waals surface area contributed by atoms with Gasteiger partial charge in [0, 0.05) is 21.9 Å². The largest absolute Gasteiger partial charge is 0.598 e. The van der Waals surface area contributed by atoms with Gasteiger partial charge in [0.25, 0.3) is 0 Å².